The lowest BCUT2D eigenvalue weighted by molar-refractivity contribution is -0.114. The van der Waals surface area contributed by atoms with Crippen LogP contribution in [0.2, 0.25) is 0 Å². The van der Waals surface area contributed by atoms with Gasteiger partial charge in [0.2, 0.25) is 5.91 Å². The van der Waals surface area contributed by atoms with Crippen molar-refractivity contribution in [3.05, 3.63) is 23.8 Å². The third-order valence-corrected chi connectivity index (χ3v) is 1.73. The molecule has 15 heavy (non-hydrogen) atoms. The van der Waals surface area contributed by atoms with Gasteiger partial charge in [0.05, 0.1) is 11.3 Å². The predicted octanol–water partition coefficient (Wildman–Crippen LogP) is 0.629. The van der Waals surface area contributed by atoms with Gasteiger partial charge in [-0.05, 0) is 18.2 Å². The predicted molar refractivity (Wildman–Crippen MR) is 55.5 cm³/mol. The first-order valence-electron chi connectivity index (χ1n) is 4.16. The van der Waals surface area contributed by atoms with Crippen LogP contribution in [-0.4, -0.2) is 17.0 Å². The minimum atomic E-state index is -1.13. The second-order valence-electron chi connectivity index (χ2n) is 2.89. The van der Waals surface area contributed by atoms with Gasteiger partial charge in [0, 0.05) is 12.6 Å². The molecule has 1 amide bonds. The number of aromatic carboxylic acids is 1. The molecule has 0 atom stereocenters. The Morgan fingerprint density at radius 1 is 1.40 bits per heavy atom. The summed E-state index contributed by atoms with van der Waals surface area (Å²) < 4.78 is 0. The van der Waals surface area contributed by atoms with Crippen molar-refractivity contribution in [3.63, 3.8) is 0 Å². The second-order valence-corrected chi connectivity index (χ2v) is 2.89. The van der Waals surface area contributed by atoms with Crippen LogP contribution in [0.1, 0.15) is 17.3 Å². The molecule has 6 heteroatoms. The van der Waals surface area contributed by atoms with Gasteiger partial charge in [0.1, 0.15) is 0 Å². The van der Waals surface area contributed by atoms with Gasteiger partial charge in [0.25, 0.3) is 0 Å². The third kappa shape index (κ3) is 2.68. The van der Waals surface area contributed by atoms with Crippen molar-refractivity contribution in [1.29, 1.82) is 0 Å². The number of hydrogen-bond acceptors (Lipinski definition) is 4. The van der Waals surface area contributed by atoms with Crippen LogP contribution in [0.4, 0.5) is 11.4 Å². The van der Waals surface area contributed by atoms with Crippen molar-refractivity contribution in [2.24, 2.45) is 5.84 Å². The number of hydrazine groups is 1. The molecule has 5 N–H and O–H groups in total. The van der Waals surface area contributed by atoms with Crippen LogP contribution in [0.5, 0.6) is 0 Å². The van der Waals surface area contributed by atoms with E-state index >= 15 is 0 Å². The summed E-state index contributed by atoms with van der Waals surface area (Å²) in [6.07, 6.45) is 0. The number of carbonyl (C=O) groups is 2. The summed E-state index contributed by atoms with van der Waals surface area (Å²) in [7, 11) is 0. The van der Waals surface area contributed by atoms with Gasteiger partial charge in [-0.2, -0.15) is 0 Å². The first-order chi connectivity index (χ1) is 7.04. The van der Waals surface area contributed by atoms with Gasteiger partial charge in [-0.3, -0.25) is 10.6 Å². The largest absolute Gasteiger partial charge is 0.478 e. The highest BCUT2D eigenvalue weighted by Crippen LogP contribution is 2.20. The van der Waals surface area contributed by atoms with E-state index in [9.17, 15) is 9.59 Å². The van der Waals surface area contributed by atoms with Crippen LogP contribution < -0.4 is 16.6 Å². The number of anilines is 2. The zero-order chi connectivity index (χ0) is 11.4. The molecule has 0 fully saturated rings. The van der Waals surface area contributed by atoms with E-state index in [4.69, 9.17) is 10.9 Å². The minimum Gasteiger partial charge on any atom is -0.478 e. The molecule has 6 nitrogen and oxygen atoms in total. The quantitative estimate of drug-likeness (QED) is 0.431. The smallest absolute Gasteiger partial charge is 0.337 e. The molecule has 1 aromatic carbocycles. The average molecular weight is 209 g/mol. The maximum absolute atomic E-state index is 10.9. The van der Waals surface area contributed by atoms with Crippen LogP contribution in [-0.2, 0) is 4.79 Å². The summed E-state index contributed by atoms with van der Waals surface area (Å²) >= 11 is 0. The maximum atomic E-state index is 10.9. The molecule has 0 saturated carbocycles. The van der Waals surface area contributed by atoms with Gasteiger partial charge in [-0.25, -0.2) is 4.79 Å². The topological polar surface area (TPSA) is 104 Å². The Balaban J connectivity index is 3.15. The van der Waals surface area contributed by atoms with Crippen molar-refractivity contribution < 1.29 is 14.7 Å². The van der Waals surface area contributed by atoms with E-state index < -0.39 is 5.97 Å². The Labute approximate surface area is 86.1 Å². The average Bonchev–Trinajstić information content (AvgIpc) is 2.17. The van der Waals surface area contributed by atoms with Gasteiger partial charge in [-0.1, -0.05) is 0 Å². The van der Waals surface area contributed by atoms with Crippen LogP contribution in [0.25, 0.3) is 0 Å². The molecular formula is C9H11N3O3. The van der Waals surface area contributed by atoms with E-state index in [0.29, 0.717) is 5.69 Å². The molecule has 0 unspecified atom stereocenters. The molecule has 0 spiro atoms. The molecule has 0 radical (unpaired) electrons. The first kappa shape index (κ1) is 11.0. The lowest BCUT2D eigenvalue weighted by atomic mass is 10.1. The third-order valence-electron chi connectivity index (χ3n) is 1.73. The van der Waals surface area contributed by atoms with Crippen LogP contribution >= 0.6 is 0 Å². The van der Waals surface area contributed by atoms with Gasteiger partial charge in [0.15, 0.2) is 0 Å². The van der Waals surface area contributed by atoms with Crippen LogP contribution in [0.15, 0.2) is 18.2 Å². The Morgan fingerprint density at radius 2 is 2.07 bits per heavy atom. The van der Waals surface area contributed by atoms with Crippen LogP contribution in [0.3, 0.4) is 0 Å². The van der Waals surface area contributed by atoms with E-state index in [0.717, 1.165) is 0 Å². The summed E-state index contributed by atoms with van der Waals surface area (Å²) in [6.45, 7) is 1.31. The Hall–Kier alpha value is -2.08. The normalized spacial score (nSPS) is 9.47. The molecule has 0 heterocycles. The lowest BCUT2D eigenvalue weighted by Gasteiger charge is -2.08. The summed E-state index contributed by atoms with van der Waals surface area (Å²) in [5, 5.41) is 11.3. The molecule has 0 saturated heterocycles. The minimum absolute atomic E-state index is 0.0133. The SMILES string of the molecule is CC(=O)Nc1ccc(NN)cc1C(=O)O. The van der Waals surface area contributed by atoms with E-state index in [1.165, 1.54) is 19.1 Å². The van der Waals surface area contributed by atoms with Gasteiger partial charge in [-0.15, -0.1) is 0 Å². The van der Waals surface area contributed by atoms with Crippen molar-refractivity contribution in [2.75, 3.05) is 10.7 Å². The number of carbonyl (C=O) groups excluding carboxylic acids is 1. The van der Waals surface area contributed by atoms with Crippen molar-refractivity contribution in [2.45, 2.75) is 6.92 Å². The molecule has 80 valence electrons. The van der Waals surface area contributed by atoms with Crippen molar-refractivity contribution >= 4 is 23.3 Å². The number of nitrogens with one attached hydrogen (secondary N) is 2. The summed E-state index contributed by atoms with van der Waals surface area (Å²) in [6, 6.07) is 4.38. The molecule has 0 aliphatic heterocycles. The molecule has 0 aliphatic carbocycles. The molecule has 0 aliphatic rings. The van der Waals surface area contributed by atoms with E-state index in [-0.39, 0.29) is 17.2 Å². The lowest BCUT2D eigenvalue weighted by Crippen LogP contribution is -2.12. The number of carboxylic acid groups (broad SMARTS) is 1. The fraction of sp³-hybridized carbons (Fsp3) is 0.111. The fourth-order valence-electron chi connectivity index (χ4n) is 1.11. The molecular weight excluding hydrogens is 198 g/mol. The second kappa shape index (κ2) is 4.43. The zero-order valence-corrected chi connectivity index (χ0v) is 8.07. The Morgan fingerprint density at radius 3 is 2.53 bits per heavy atom. The molecule has 0 aromatic heterocycles. The van der Waals surface area contributed by atoms with E-state index in [1.807, 2.05) is 0 Å². The van der Waals surface area contributed by atoms with Crippen molar-refractivity contribution in [1.82, 2.24) is 0 Å². The van der Waals surface area contributed by atoms with Gasteiger partial charge < -0.3 is 15.8 Å². The molecule has 1 rings (SSSR count). The number of amides is 1. The summed E-state index contributed by atoms with van der Waals surface area (Å²) in [5.74, 6) is 3.68. The Bertz CT molecular complexity index is 404. The number of hydrogen-bond donors (Lipinski definition) is 4. The maximum Gasteiger partial charge on any atom is 0.337 e. The standard InChI is InChI=1S/C9H11N3O3/c1-5(13)11-8-3-2-6(12-10)4-7(8)9(14)15/h2-4,12H,10H2,1H3,(H,11,13)(H,14,15). The van der Waals surface area contributed by atoms with Crippen LogP contribution in [0, 0.1) is 0 Å². The summed E-state index contributed by atoms with van der Waals surface area (Å²) in [5.41, 5.74) is 3.02. The van der Waals surface area contributed by atoms with Crippen molar-refractivity contribution in [3.8, 4) is 0 Å². The fourth-order valence-corrected chi connectivity index (χ4v) is 1.11. The van der Waals surface area contributed by atoms with E-state index in [2.05, 4.69) is 10.7 Å². The first-order valence-corrected chi connectivity index (χ1v) is 4.16. The number of nitrogen functional groups attached to an aromatic ring is 1. The van der Waals surface area contributed by atoms with E-state index in [1.54, 1.807) is 6.07 Å². The number of rotatable bonds is 3. The molecule has 0 bridgehead atoms. The molecule has 1 aromatic rings. The summed E-state index contributed by atoms with van der Waals surface area (Å²) in [4.78, 5) is 21.6. The Kier molecular flexibility index (Phi) is 3.25. The highest BCUT2D eigenvalue weighted by molar-refractivity contribution is 6.00. The monoisotopic (exact) mass is 209 g/mol. The van der Waals surface area contributed by atoms with Gasteiger partial charge >= 0.3 is 5.97 Å². The number of benzene rings is 1. The number of carboxylic acids is 1. The highest BCUT2D eigenvalue weighted by Gasteiger charge is 2.11. The highest BCUT2D eigenvalue weighted by atomic mass is 16.4. The zero-order valence-electron chi connectivity index (χ0n) is 8.07. The number of nitrogens with two attached hydrogens (primary N) is 1.